The SMILES string of the molecule is Cc1ccc(/C=C/C(=O)Nc2ccc(Br)c(C)c2)cc1. The largest absolute Gasteiger partial charge is 0.323 e. The van der Waals surface area contributed by atoms with Gasteiger partial charge < -0.3 is 5.32 Å². The van der Waals surface area contributed by atoms with Gasteiger partial charge in [-0.3, -0.25) is 4.79 Å². The summed E-state index contributed by atoms with van der Waals surface area (Å²) in [6.07, 6.45) is 3.35. The van der Waals surface area contributed by atoms with E-state index in [1.807, 2.05) is 56.3 Å². The van der Waals surface area contributed by atoms with Crippen LogP contribution >= 0.6 is 15.9 Å². The second kappa shape index (κ2) is 6.53. The highest BCUT2D eigenvalue weighted by atomic mass is 79.9. The Morgan fingerprint density at radius 2 is 1.80 bits per heavy atom. The van der Waals surface area contributed by atoms with Crippen LogP contribution in [0, 0.1) is 13.8 Å². The first-order chi connectivity index (χ1) is 9.54. The molecule has 0 aromatic heterocycles. The second-order valence-corrected chi connectivity index (χ2v) is 5.55. The highest BCUT2D eigenvalue weighted by Gasteiger charge is 2.00. The van der Waals surface area contributed by atoms with Crippen LogP contribution in [0.4, 0.5) is 5.69 Å². The van der Waals surface area contributed by atoms with E-state index in [1.54, 1.807) is 12.2 Å². The van der Waals surface area contributed by atoms with Gasteiger partial charge in [0.05, 0.1) is 0 Å². The van der Waals surface area contributed by atoms with Crippen LogP contribution in [0.2, 0.25) is 0 Å². The van der Waals surface area contributed by atoms with E-state index >= 15 is 0 Å². The molecule has 1 N–H and O–H groups in total. The number of aryl methyl sites for hydroxylation is 2. The molecule has 2 aromatic rings. The topological polar surface area (TPSA) is 29.1 Å². The van der Waals surface area contributed by atoms with E-state index in [9.17, 15) is 4.79 Å². The number of benzene rings is 2. The summed E-state index contributed by atoms with van der Waals surface area (Å²) in [6, 6.07) is 13.8. The molecule has 0 heterocycles. The van der Waals surface area contributed by atoms with Crippen molar-refractivity contribution in [2.24, 2.45) is 0 Å². The Kier molecular flexibility index (Phi) is 4.74. The Morgan fingerprint density at radius 1 is 1.10 bits per heavy atom. The van der Waals surface area contributed by atoms with Crippen LogP contribution in [0.5, 0.6) is 0 Å². The van der Waals surface area contributed by atoms with Crippen LogP contribution in [0.3, 0.4) is 0 Å². The van der Waals surface area contributed by atoms with Crippen LogP contribution < -0.4 is 5.32 Å². The van der Waals surface area contributed by atoms with Crippen molar-refractivity contribution < 1.29 is 4.79 Å². The van der Waals surface area contributed by atoms with Gasteiger partial charge in [0.2, 0.25) is 5.91 Å². The molecule has 2 rings (SSSR count). The highest BCUT2D eigenvalue weighted by molar-refractivity contribution is 9.10. The lowest BCUT2D eigenvalue weighted by molar-refractivity contribution is -0.111. The van der Waals surface area contributed by atoms with Gasteiger partial charge >= 0.3 is 0 Å². The standard InChI is InChI=1S/C17H16BrNO/c1-12-3-5-14(6-4-12)7-10-17(20)19-15-8-9-16(18)13(2)11-15/h3-11H,1-2H3,(H,19,20)/b10-7+. The molecule has 0 radical (unpaired) electrons. The van der Waals surface area contributed by atoms with Gasteiger partial charge in [0, 0.05) is 16.2 Å². The van der Waals surface area contributed by atoms with Crippen molar-refractivity contribution in [3.63, 3.8) is 0 Å². The third kappa shape index (κ3) is 4.07. The normalized spacial score (nSPS) is 10.8. The third-order valence-corrected chi connectivity index (χ3v) is 3.82. The summed E-state index contributed by atoms with van der Waals surface area (Å²) in [6.45, 7) is 4.03. The zero-order chi connectivity index (χ0) is 14.5. The van der Waals surface area contributed by atoms with Crippen LogP contribution in [0.1, 0.15) is 16.7 Å². The third-order valence-electron chi connectivity index (χ3n) is 2.93. The molecule has 20 heavy (non-hydrogen) atoms. The van der Waals surface area contributed by atoms with Gasteiger partial charge in [-0.05, 0) is 49.2 Å². The first-order valence-corrected chi connectivity index (χ1v) is 7.16. The van der Waals surface area contributed by atoms with Crippen molar-refractivity contribution in [1.29, 1.82) is 0 Å². The minimum Gasteiger partial charge on any atom is -0.323 e. The maximum absolute atomic E-state index is 11.8. The van der Waals surface area contributed by atoms with Crippen LogP contribution in [-0.4, -0.2) is 5.91 Å². The number of hydrogen-bond acceptors (Lipinski definition) is 1. The minimum absolute atomic E-state index is 0.132. The van der Waals surface area contributed by atoms with Crippen molar-refractivity contribution in [3.05, 3.63) is 69.7 Å². The van der Waals surface area contributed by atoms with Crippen molar-refractivity contribution in [2.45, 2.75) is 13.8 Å². The predicted octanol–water partition coefficient (Wildman–Crippen LogP) is 4.72. The Labute approximate surface area is 127 Å². The van der Waals surface area contributed by atoms with Gasteiger partial charge in [0.15, 0.2) is 0 Å². The number of hydrogen-bond donors (Lipinski definition) is 1. The molecule has 102 valence electrons. The molecule has 0 atom stereocenters. The summed E-state index contributed by atoms with van der Waals surface area (Å²) >= 11 is 3.44. The van der Waals surface area contributed by atoms with E-state index < -0.39 is 0 Å². The van der Waals surface area contributed by atoms with Gasteiger partial charge in [-0.1, -0.05) is 45.8 Å². The highest BCUT2D eigenvalue weighted by Crippen LogP contribution is 2.20. The van der Waals surface area contributed by atoms with Crippen molar-refractivity contribution in [1.82, 2.24) is 0 Å². The first-order valence-electron chi connectivity index (χ1n) is 6.36. The molecule has 0 fully saturated rings. The minimum atomic E-state index is -0.132. The number of carbonyl (C=O) groups excluding carboxylic acids is 1. The molecule has 3 heteroatoms. The average molecular weight is 330 g/mol. The zero-order valence-electron chi connectivity index (χ0n) is 11.5. The molecular weight excluding hydrogens is 314 g/mol. The Bertz CT molecular complexity index is 645. The molecular formula is C17H16BrNO. The number of anilines is 1. The summed E-state index contributed by atoms with van der Waals surface area (Å²) in [5, 5.41) is 2.85. The van der Waals surface area contributed by atoms with Gasteiger partial charge in [0.25, 0.3) is 0 Å². The number of nitrogens with one attached hydrogen (secondary N) is 1. The quantitative estimate of drug-likeness (QED) is 0.811. The average Bonchev–Trinajstić information content (AvgIpc) is 2.42. The van der Waals surface area contributed by atoms with Crippen LogP contribution in [0.25, 0.3) is 6.08 Å². The molecule has 0 unspecified atom stereocenters. The fourth-order valence-corrected chi connectivity index (χ4v) is 2.00. The van der Waals surface area contributed by atoms with E-state index in [-0.39, 0.29) is 5.91 Å². The molecule has 0 aliphatic heterocycles. The summed E-state index contributed by atoms with van der Waals surface area (Å²) in [7, 11) is 0. The van der Waals surface area contributed by atoms with Gasteiger partial charge in [0.1, 0.15) is 0 Å². The summed E-state index contributed by atoms with van der Waals surface area (Å²) < 4.78 is 1.03. The fraction of sp³-hybridized carbons (Fsp3) is 0.118. The number of halogens is 1. The van der Waals surface area contributed by atoms with Gasteiger partial charge in [-0.2, -0.15) is 0 Å². The molecule has 0 bridgehead atoms. The molecule has 1 amide bonds. The zero-order valence-corrected chi connectivity index (χ0v) is 13.1. The van der Waals surface area contributed by atoms with Crippen LogP contribution in [-0.2, 0) is 4.79 Å². The summed E-state index contributed by atoms with van der Waals surface area (Å²) in [4.78, 5) is 11.8. The molecule has 0 aliphatic rings. The van der Waals surface area contributed by atoms with E-state index in [4.69, 9.17) is 0 Å². The monoisotopic (exact) mass is 329 g/mol. The Balaban J connectivity index is 2.01. The van der Waals surface area contributed by atoms with Gasteiger partial charge in [-0.25, -0.2) is 0 Å². The Hall–Kier alpha value is -1.87. The maximum Gasteiger partial charge on any atom is 0.248 e. The van der Waals surface area contributed by atoms with Crippen molar-refractivity contribution in [2.75, 3.05) is 5.32 Å². The maximum atomic E-state index is 11.8. The Morgan fingerprint density at radius 3 is 2.45 bits per heavy atom. The molecule has 0 spiro atoms. The lowest BCUT2D eigenvalue weighted by Gasteiger charge is -2.04. The van der Waals surface area contributed by atoms with E-state index in [0.717, 1.165) is 21.3 Å². The number of amides is 1. The molecule has 0 saturated heterocycles. The molecule has 0 aliphatic carbocycles. The lowest BCUT2D eigenvalue weighted by Crippen LogP contribution is -2.07. The van der Waals surface area contributed by atoms with Crippen molar-refractivity contribution >= 4 is 33.6 Å². The molecule has 2 nitrogen and oxygen atoms in total. The first kappa shape index (κ1) is 14.5. The summed E-state index contributed by atoms with van der Waals surface area (Å²) in [5.74, 6) is -0.132. The lowest BCUT2D eigenvalue weighted by atomic mass is 10.1. The van der Waals surface area contributed by atoms with E-state index in [1.165, 1.54) is 5.56 Å². The van der Waals surface area contributed by atoms with Gasteiger partial charge in [-0.15, -0.1) is 0 Å². The second-order valence-electron chi connectivity index (χ2n) is 4.70. The smallest absolute Gasteiger partial charge is 0.248 e. The molecule has 0 saturated carbocycles. The fourth-order valence-electron chi connectivity index (χ4n) is 1.76. The summed E-state index contributed by atoms with van der Waals surface area (Å²) in [5.41, 5.74) is 4.10. The van der Waals surface area contributed by atoms with Crippen LogP contribution in [0.15, 0.2) is 53.0 Å². The van der Waals surface area contributed by atoms with Crippen molar-refractivity contribution in [3.8, 4) is 0 Å². The predicted molar refractivity (Wildman–Crippen MR) is 87.7 cm³/mol. The van der Waals surface area contributed by atoms with E-state index in [0.29, 0.717) is 0 Å². The number of carbonyl (C=O) groups is 1. The number of rotatable bonds is 3. The molecule has 2 aromatic carbocycles. The van der Waals surface area contributed by atoms with E-state index in [2.05, 4.69) is 21.2 Å².